The highest BCUT2D eigenvalue weighted by atomic mass is 16.5. The van der Waals surface area contributed by atoms with Crippen molar-refractivity contribution in [3.63, 3.8) is 0 Å². The summed E-state index contributed by atoms with van der Waals surface area (Å²) in [6, 6.07) is 11.7. The van der Waals surface area contributed by atoms with Crippen molar-refractivity contribution in [2.45, 2.75) is 46.2 Å². The molecule has 2 aromatic carbocycles. The topological polar surface area (TPSA) is 85.9 Å². The van der Waals surface area contributed by atoms with Gasteiger partial charge in [0, 0.05) is 12.1 Å². The van der Waals surface area contributed by atoms with Gasteiger partial charge in [-0.3, -0.25) is 9.59 Å². The molecule has 0 aliphatic rings. The zero-order chi connectivity index (χ0) is 23.5. The lowest BCUT2D eigenvalue weighted by Gasteiger charge is -2.22. The number of carbonyl (C=O) groups is 2. The number of carbonyl (C=O) groups excluding carboxylic acids is 2. The van der Waals surface area contributed by atoms with Crippen LogP contribution in [0.5, 0.6) is 17.2 Å². The molecule has 0 radical (unpaired) electrons. The van der Waals surface area contributed by atoms with Crippen LogP contribution in [0.1, 0.15) is 49.5 Å². The third kappa shape index (κ3) is 7.18. The fraction of sp³-hybridized carbons (Fsp3) is 0.440. The van der Waals surface area contributed by atoms with Crippen LogP contribution in [0.4, 0.5) is 0 Å². The Balaban J connectivity index is 1.99. The van der Waals surface area contributed by atoms with Crippen LogP contribution < -0.4 is 24.8 Å². The molecule has 32 heavy (non-hydrogen) atoms. The average Bonchev–Trinajstić information content (AvgIpc) is 2.81. The first kappa shape index (κ1) is 25.0. The second kappa shape index (κ2) is 12.6. The van der Waals surface area contributed by atoms with E-state index in [-0.39, 0.29) is 17.7 Å². The molecule has 2 N–H and O–H groups in total. The van der Waals surface area contributed by atoms with Gasteiger partial charge in [0.25, 0.3) is 5.91 Å². The molecule has 0 bridgehead atoms. The lowest BCUT2D eigenvalue weighted by Crippen LogP contribution is -2.49. The molecule has 0 aromatic heterocycles. The minimum absolute atomic E-state index is 0.0823. The van der Waals surface area contributed by atoms with Crippen LogP contribution in [-0.4, -0.2) is 38.7 Å². The summed E-state index contributed by atoms with van der Waals surface area (Å²) in [5, 5.41) is 5.74. The Morgan fingerprint density at radius 3 is 2.28 bits per heavy atom. The lowest BCUT2D eigenvalue weighted by atomic mass is 10.0. The second-order valence-corrected chi connectivity index (χ2v) is 7.83. The first-order valence-corrected chi connectivity index (χ1v) is 10.9. The quantitative estimate of drug-likeness (QED) is 0.486. The number of unbranched alkanes of at least 4 members (excludes halogenated alkanes) is 1. The summed E-state index contributed by atoms with van der Waals surface area (Å²) in [6.45, 7) is 6.84. The summed E-state index contributed by atoms with van der Waals surface area (Å²) in [7, 11) is 3.16. The lowest BCUT2D eigenvalue weighted by molar-refractivity contribution is -0.124. The van der Waals surface area contributed by atoms with Crippen molar-refractivity contribution >= 4 is 11.8 Å². The maximum Gasteiger partial charge on any atom is 0.251 e. The van der Waals surface area contributed by atoms with Crippen molar-refractivity contribution in [3.8, 4) is 17.2 Å². The van der Waals surface area contributed by atoms with Crippen molar-refractivity contribution < 1.29 is 23.8 Å². The number of benzene rings is 2. The van der Waals surface area contributed by atoms with E-state index >= 15 is 0 Å². The van der Waals surface area contributed by atoms with E-state index in [0.29, 0.717) is 36.0 Å². The predicted molar refractivity (Wildman–Crippen MR) is 124 cm³/mol. The molecule has 174 valence electrons. The summed E-state index contributed by atoms with van der Waals surface area (Å²) < 4.78 is 16.3. The summed E-state index contributed by atoms with van der Waals surface area (Å²) in [5.74, 6) is 1.34. The molecule has 0 aliphatic carbocycles. The molecule has 0 fully saturated rings. The van der Waals surface area contributed by atoms with E-state index in [9.17, 15) is 9.59 Å². The van der Waals surface area contributed by atoms with Gasteiger partial charge in [-0.2, -0.15) is 0 Å². The maximum absolute atomic E-state index is 12.8. The van der Waals surface area contributed by atoms with Gasteiger partial charge >= 0.3 is 0 Å². The number of hydrogen-bond donors (Lipinski definition) is 2. The van der Waals surface area contributed by atoms with E-state index in [1.807, 2.05) is 32.0 Å². The zero-order valence-corrected chi connectivity index (χ0v) is 19.6. The summed E-state index contributed by atoms with van der Waals surface area (Å²) >= 11 is 0. The summed E-state index contributed by atoms with van der Waals surface area (Å²) in [6.07, 6.45) is 2.03. The van der Waals surface area contributed by atoms with Crippen molar-refractivity contribution in [1.29, 1.82) is 0 Å². The van der Waals surface area contributed by atoms with Gasteiger partial charge in [0.2, 0.25) is 5.91 Å². The van der Waals surface area contributed by atoms with Gasteiger partial charge in [-0.05, 0) is 54.3 Å². The molecule has 1 atom stereocenters. The molecule has 2 rings (SSSR count). The summed E-state index contributed by atoms with van der Waals surface area (Å²) in [5.41, 5.74) is 1.34. The van der Waals surface area contributed by atoms with E-state index < -0.39 is 6.04 Å². The van der Waals surface area contributed by atoms with Crippen molar-refractivity contribution in [2.24, 2.45) is 5.92 Å². The highest BCUT2D eigenvalue weighted by Gasteiger charge is 2.24. The van der Waals surface area contributed by atoms with Crippen molar-refractivity contribution in [3.05, 3.63) is 53.6 Å². The highest BCUT2D eigenvalue weighted by molar-refractivity contribution is 5.97. The fourth-order valence-electron chi connectivity index (χ4n) is 3.07. The normalized spacial score (nSPS) is 11.6. The Kier molecular flexibility index (Phi) is 9.85. The molecule has 0 saturated heterocycles. The van der Waals surface area contributed by atoms with Gasteiger partial charge in [-0.25, -0.2) is 0 Å². The first-order chi connectivity index (χ1) is 15.4. The number of amides is 2. The first-order valence-electron chi connectivity index (χ1n) is 10.9. The molecule has 1 unspecified atom stereocenters. The average molecular weight is 443 g/mol. The SMILES string of the molecule is CCCCOc1ccc(CNC(=O)C(NC(=O)c2ccc(OC)cc2)C(C)C)cc1OC. The molecular formula is C25H34N2O5. The van der Waals surface area contributed by atoms with Gasteiger partial charge in [0.1, 0.15) is 11.8 Å². The molecule has 0 heterocycles. The van der Waals surface area contributed by atoms with E-state index in [2.05, 4.69) is 17.6 Å². The summed E-state index contributed by atoms with van der Waals surface area (Å²) in [4.78, 5) is 25.4. The smallest absolute Gasteiger partial charge is 0.251 e. The van der Waals surface area contributed by atoms with Crippen LogP contribution in [0.15, 0.2) is 42.5 Å². The van der Waals surface area contributed by atoms with Crippen molar-refractivity contribution in [1.82, 2.24) is 10.6 Å². The van der Waals surface area contributed by atoms with Crippen LogP contribution in [0, 0.1) is 5.92 Å². The fourth-order valence-corrected chi connectivity index (χ4v) is 3.07. The van der Waals surface area contributed by atoms with Gasteiger partial charge in [0.15, 0.2) is 11.5 Å². The monoisotopic (exact) mass is 442 g/mol. The number of ether oxygens (including phenoxy) is 3. The van der Waals surface area contributed by atoms with Gasteiger partial charge in [0.05, 0.1) is 20.8 Å². The van der Waals surface area contributed by atoms with Crippen molar-refractivity contribution in [2.75, 3.05) is 20.8 Å². The Morgan fingerprint density at radius 1 is 0.969 bits per heavy atom. The van der Waals surface area contributed by atoms with Crippen LogP contribution in [0.25, 0.3) is 0 Å². The van der Waals surface area contributed by atoms with E-state index in [4.69, 9.17) is 14.2 Å². The molecule has 2 aromatic rings. The largest absolute Gasteiger partial charge is 0.497 e. The molecule has 0 saturated carbocycles. The molecular weight excluding hydrogens is 408 g/mol. The minimum atomic E-state index is -0.664. The van der Waals surface area contributed by atoms with E-state index in [1.54, 1.807) is 38.5 Å². The zero-order valence-electron chi connectivity index (χ0n) is 19.6. The van der Waals surface area contributed by atoms with Crippen LogP contribution in [-0.2, 0) is 11.3 Å². The second-order valence-electron chi connectivity index (χ2n) is 7.83. The molecule has 2 amide bonds. The van der Waals surface area contributed by atoms with Gasteiger partial charge < -0.3 is 24.8 Å². The Bertz CT molecular complexity index is 880. The highest BCUT2D eigenvalue weighted by Crippen LogP contribution is 2.28. The standard InChI is InChI=1S/C25H34N2O5/c1-6-7-14-32-21-13-8-18(15-22(21)31-5)16-26-25(29)23(17(2)3)27-24(28)19-9-11-20(30-4)12-10-19/h8-13,15,17,23H,6-7,14,16H2,1-5H3,(H,26,29)(H,27,28). The predicted octanol–water partition coefficient (Wildman–Crippen LogP) is 3.95. The van der Waals surface area contributed by atoms with Crippen LogP contribution in [0.3, 0.4) is 0 Å². The Morgan fingerprint density at radius 2 is 1.69 bits per heavy atom. The van der Waals surface area contributed by atoms with Crippen LogP contribution in [0.2, 0.25) is 0 Å². The third-order valence-corrected chi connectivity index (χ3v) is 5.04. The molecule has 0 spiro atoms. The molecule has 0 aliphatic heterocycles. The van der Waals surface area contributed by atoms with E-state index in [1.165, 1.54) is 0 Å². The Labute approximate surface area is 190 Å². The van der Waals surface area contributed by atoms with Gasteiger partial charge in [-0.1, -0.05) is 33.3 Å². The Hall–Kier alpha value is -3.22. The number of hydrogen-bond acceptors (Lipinski definition) is 5. The van der Waals surface area contributed by atoms with E-state index in [0.717, 1.165) is 18.4 Å². The minimum Gasteiger partial charge on any atom is -0.497 e. The maximum atomic E-state index is 12.8. The van der Waals surface area contributed by atoms with Gasteiger partial charge in [-0.15, -0.1) is 0 Å². The number of methoxy groups -OCH3 is 2. The molecule has 7 heteroatoms. The third-order valence-electron chi connectivity index (χ3n) is 5.04. The molecule has 7 nitrogen and oxygen atoms in total. The van der Waals surface area contributed by atoms with Crippen LogP contribution >= 0.6 is 0 Å². The number of nitrogens with one attached hydrogen (secondary N) is 2. The number of rotatable bonds is 12.